The molecule has 0 N–H and O–H groups in total. The normalized spacial score (nSPS) is 19.6. The molecule has 0 aromatic rings. The molecule has 1 unspecified atom stereocenters. The lowest BCUT2D eigenvalue weighted by Crippen LogP contribution is -2.25. The Hall–Kier alpha value is -0.570. The molecule has 0 radical (unpaired) electrons. The van der Waals surface area contributed by atoms with Crippen molar-refractivity contribution >= 4 is 5.97 Å². The maximum absolute atomic E-state index is 11.2. The maximum atomic E-state index is 11.2. The second-order valence-corrected chi connectivity index (χ2v) is 3.88. The van der Waals surface area contributed by atoms with Crippen LogP contribution in [-0.4, -0.2) is 25.3 Å². The maximum Gasteiger partial charge on any atom is 0.334 e. The smallest absolute Gasteiger partial charge is 0.334 e. The van der Waals surface area contributed by atoms with Crippen LogP contribution in [-0.2, 0) is 14.3 Å². The van der Waals surface area contributed by atoms with Gasteiger partial charge in [-0.05, 0) is 32.6 Å². The van der Waals surface area contributed by atoms with Crippen LogP contribution < -0.4 is 0 Å². The molecule has 1 atom stereocenters. The van der Waals surface area contributed by atoms with E-state index >= 15 is 0 Å². The summed E-state index contributed by atoms with van der Waals surface area (Å²) >= 11 is 0. The molecule has 0 aromatic carbocycles. The van der Waals surface area contributed by atoms with Gasteiger partial charge in [0, 0.05) is 0 Å². The Morgan fingerprint density at radius 1 is 1.43 bits per heavy atom. The summed E-state index contributed by atoms with van der Waals surface area (Å²) in [5.74, 6) is 0.414. The van der Waals surface area contributed by atoms with E-state index in [-0.39, 0.29) is 5.97 Å². The van der Waals surface area contributed by atoms with E-state index in [9.17, 15) is 4.79 Å². The standard InChI is InChI=1S/C11H20O3/c1-3-13-11(12)9(2)14-8-10-6-4-5-7-10/h9-10H,3-8H2,1-2H3. The molecular weight excluding hydrogens is 180 g/mol. The number of hydrogen-bond donors (Lipinski definition) is 0. The second kappa shape index (κ2) is 6.02. The Bertz CT molecular complexity index is 173. The number of carbonyl (C=O) groups excluding carboxylic acids is 1. The first-order valence-electron chi connectivity index (χ1n) is 5.52. The van der Waals surface area contributed by atoms with Gasteiger partial charge in [-0.2, -0.15) is 0 Å². The Morgan fingerprint density at radius 2 is 2.07 bits per heavy atom. The summed E-state index contributed by atoms with van der Waals surface area (Å²) in [6.45, 7) is 4.70. The largest absolute Gasteiger partial charge is 0.464 e. The zero-order valence-corrected chi connectivity index (χ0v) is 9.12. The van der Waals surface area contributed by atoms with Crippen molar-refractivity contribution in [2.24, 2.45) is 5.92 Å². The fraction of sp³-hybridized carbons (Fsp3) is 0.909. The molecule has 0 amide bonds. The van der Waals surface area contributed by atoms with Crippen molar-refractivity contribution in [3.63, 3.8) is 0 Å². The third-order valence-electron chi connectivity index (χ3n) is 2.68. The van der Waals surface area contributed by atoms with Gasteiger partial charge in [0.15, 0.2) is 6.10 Å². The van der Waals surface area contributed by atoms with Crippen molar-refractivity contribution in [3.8, 4) is 0 Å². The molecule has 1 aliphatic rings. The first kappa shape index (κ1) is 11.5. The van der Waals surface area contributed by atoms with Crippen molar-refractivity contribution < 1.29 is 14.3 Å². The van der Waals surface area contributed by atoms with E-state index in [1.165, 1.54) is 25.7 Å². The highest BCUT2D eigenvalue weighted by Gasteiger charge is 2.19. The Balaban J connectivity index is 2.13. The van der Waals surface area contributed by atoms with E-state index in [4.69, 9.17) is 9.47 Å². The summed E-state index contributed by atoms with van der Waals surface area (Å²) in [5, 5.41) is 0. The zero-order chi connectivity index (χ0) is 10.4. The van der Waals surface area contributed by atoms with Gasteiger partial charge in [0.25, 0.3) is 0 Å². The summed E-state index contributed by atoms with van der Waals surface area (Å²) in [7, 11) is 0. The van der Waals surface area contributed by atoms with Crippen LogP contribution in [0.4, 0.5) is 0 Å². The van der Waals surface area contributed by atoms with Crippen LogP contribution in [0, 0.1) is 5.92 Å². The van der Waals surface area contributed by atoms with Crippen LogP contribution >= 0.6 is 0 Å². The van der Waals surface area contributed by atoms with Gasteiger partial charge >= 0.3 is 5.97 Å². The van der Waals surface area contributed by atoms with Gasteiger partial charge in [-0.15, -0.1) is 0 Å². The molecule has 1 aliphatic carbocycles. The molecule has 1 saturated carbocycles. The van der Waals surface area contributed by atoms with Crippen molar-refractivity contribution in [3.05, 3.63) is 0 Å². The predicted octanol–water partition coefficient (Wildman–Crippen LogP) is 2.14. The van der Waals surface area contributed by atoms with Crippen LogP contribution in [0.1, 0.15) is 39.5 Å². The first-order valence-corrected chi connectivity index (χ1v) is 5.52. The summed E-state index contributed by atoms with van der Waals surface area (Å²) in [6, 6.07) is 0. The molecule has 0 aliphatic heterocycles. The molecule has 0 bridgehead atoms. The highest BCUT2D eigenvalue weighted by atomic mass is 16.6. The lowest BCUT2D eigenvalue weighted by atomic mass is 10.1. The molecule has 14 heavy (non-hydrogen) atoms. The van der Waals surface area contributed by atoms with Gasteiger partial charge in [0.1, 0.15) is 0 Å². The lowest BCUT2D eigenvalue weighted by Gasteiger charge is -2.14. The second-order valence-electron chi connectivity index (χ2n) is 3.88. The van der Waals surface area contributed by atoms with Crippen LogP contribution in [0.5, 0.6) is 0 Å². The topological polar surface area (TPSA) is 35.5 Å². The quantitative estimate of drug-likeness (QED) is 0.638. The Labute approximate surface area is 85.8 Å². The lowest BCUT2D eigenvalue weighted by molar-refractivity contribution is -0.156. The van der Waals surface area contributed by atoms with Crippen molar-refractivity contribution in [2.75, 3.05) is 13.2 Å². The van der Waals surface area contributed by atoms with Gasteiger partial charge < -0.3 is 9.47 Å². The summed E-state index contributed by atoms with van der Waals surface area (Å²) in [4.78, 5) is 11.2. The van der Waals surface area contributed by atoms with Crippen LogP contribution in [0.3, 0.4) is 0 Å². The van der Waals surface area contributed by atoms with Crippen molar-refractivity contribution in [1.29, 1.82) is 0 Å². The van der Waals surface area contributed by atoms with Gasteiger partial charge in [-0.25, -0.2) is 4.79 Å². The monoisotopic (exact) mass is 200 g/mol. The SMILES string of the molecule is CCOC(=O)C(C)OCC1CCCC1. The molecule has 3 heteroatoms. The molecule has 0 saturated heterocycles. The predicted molar refractivity (Wildman–Crippen MR) is 54.0 cm³/mol. The van der Waals surface area contributed by atoms with Crippen LogP contribution in [0.25, 0.3) is 0 Å². The number of ether oxygens (including phenoxy) is 2. The van der Waals surface area contributed by atoms with E-state index in [2.05, 4.69) is 0 Å². The number of hydrogen-bond acceptors (Lipinski definition) is 3. The van der Waals surface area contributed by atoms with E-state index in [0.29, 0.717) is 19.1 Å². The third kappa shape index (κ3) is 3.66. The molecule has 0 aromatic heterocycles. The number of esters is 1. The summed E-state index contributed by atoms with van der Waals surface area (Å²) < 4.78 is 10.3. The van der Waals surface area contributed by atoms with Crippen molar-refractivity contribution in [2.45, 2.75) is 45.6 Å². The highest BCUT2D eigenvalue weighted by molar-refractivity contribution is 5.74. The minimum Gasteiger partial charge on any atom is -0.464 e. The van der Waals surface area contributed by atoms with E-state index in [0.717, 1.165) is 0 Å². The Kier molecular flexibility index (Phi) is 4.94. The minimum atomic E-state index is -0.407. The minimum absolute atomic E-state index is 0.245. The molecular formula is C11H20O3. The number of carbonyl (C=O) groups is 1. The van der Waals surface area contributed by atoms with Crippen molar-refractivity contribution in [1.82, 2.24) is 0 Å². The summed E-state index contributed by atoms with van der Waals surface area (Å²) in [5.41, 5.74) is 0. The Morgan fingerprint density at radius 3 is 2.64 bits per heavy atom. The first-order chi connectivity index (χ1) is 6.74. The highest BCUT2D eigenvalue weighted by Crippen LogP contribution is 2.25. The fourth-order valence-electron chi connectivity index (χ4n) is 1.79. The molecule has 1 rings (SSSR count). The van der Waals surface area contributed by atoms with Crippen LogP contribution in [0.15, 0.2) is 0 Å². The van der Waals surface area contributed by atoms with Crippen LogP contribution in [0.2, 0.25) is 0 Å². The van der Waals surface area contributed by atoms with Gasteiger partial charge in [0.2, 0.25) is 0 Å². The average molecular weight is 200 g/mol. The number of rotatable bonds is 5. The zero-order valence-electron chi connectivity index (χ0n) is 9.12. The average Bonchev–Trinajstić information content (AvgIpc) is 2.67. The molecule has 0 heterocycles. The molecule has 82 valence electrons. The molecule has 1 fully saturated rings. The van der Waals surface area contributed by atoms with Gasteiger partial charge in [0.05, 0.1) is 13.2 Å². The van der Waals surface area contributed by atoms with Gasteiger partial charge in [-0.1, -0.05) is 12.8 Å². The van der Waals surface area contributed by atoms with E-state index < -0.39 is 6.10 Å². The van der Waals surface area contributed by atoms with E-state index in [1.807, 2.05) is 6.92 Å². The molecule has 0 spiro atoms. The van der Waals surface area contributed by atoms with Gasteiger partial charge in [-0.3, -0.25) is 0 Å². The molecule has 3 nitrogen and oxygen atoms in total. The summed E-state index contributed by atoms with van der Waals surface area (Å²) in [6.07, 6.45) is 4.70. The third-order valence-corrected chi connectivity index (χ3v) is 2.68. The fourth-order valence-corrected chi connectivity index (χ4v) is 1.79. The van der Waals surface area contributed by atoms with E-state index in [1.54, 1.807) is 6.92 Å².